The average molecular weight is 222 g/mol. The Kier molecular flexibility index (Phi) is 1.87. The predicted molar refractivity (Wildman–Crippen MR) is 49.5 cm³/mol. The van der Waals surface area contributed by atoms with Crippen molar-refractivity contribution in [1.82, 2.24) is 4.90 Å². The lowest BCUT2D eigenvalue weighted by molar-refractivity contribution is -0.305. The third-order valence-corrected chi connectivity index (χ3v) is 4.31. The van der Waals surface area contributed by atoms with Crippen LogP contribution in [0, 0.1) is 23.7 Å². The number of aliphatic carboxylic acids is 1. The lowest BCUT2D eigenvalue weighted by atomic mass is 9.81. The van der Waals surface area contributed by atoms with E-state index in [4.69, 9.17) is 0 Å². The van der Waals surface area contributed by atoms with Crippen LogP contribution in [0.25, 0.3) is 0 Å². The van der Waals surface area contributed by atoms with Crippen LogP contribution in [0.3, 0.4) is 0 Å². The highest BCUT2D eigenvalue weighted by atomic mass is 16.4. The van der Waals surface area contributed by atoms with Crippen LogP contribution in [0.1, 0.15) is 19.3 Å². The summed E-state index contributed by atoms with van der Waals surface area (Å²) >= 11 is 0. The summed E-state index contributed by atoms with van der Waals surface area (Å²) in [7, 11) is 0. The molecule has 0 aromatic rings. The van der Waals surface area contributed by atoms with E-state index < -0.39 is 12.5 Å². The highest BCUT2D eigenvalue weighted by Crippen LogP contribution is 2.55. The van der Waals surface area contributed by atoms with Crippen LogP contribution >= 0.6 is 0 Å². The Labute approximate surface area is 92.4 Å². The SMILES string of the molecule is O=C([O-])CN1C(=O)C2C3CCC(C3)C2C1=O. The first-order valence-electron chi connectivity index (χ1n) is 5.64. The van der Waals surface area contributed by atoms with Gasteiger partial charge in [-0.2, -0.15) is 0 Å². The molecule has 86 valence electrons. The van der Waals surface area contributed by atoms with Crippen molar-refractivity contribution in [3.63, 3.8) is 0 Å². The Morgan fingerprint density at radius 3 is 2.12 bits per heavy atom. The molecule has 2 aliphatic carbocycles. The number of nitrogens with zero attached hydrogens (tertiary/aromatic N) is 1. The van der Waals surface area contributed by atoms with Gasteiger partial charge < -0.3 is 9.90 Å². The Hall–Kier alpha value is -1.39. The third kappa shape index (κ3) is 1.08. The van der Waals surface area contributed by atoms with Crippen LogP contribution in [0.4, 0.5) is 0 Å². The maximum atomic E-state index is 11.9. The molecule has 1 saturated heterocycles. The zero-order chi connectivity index (χ0) is 11.4. The van der Waals surface area contributed by atoms with Gasteiger partial charge in [0, 0.05) is 0 Å². The molecule has 2 amide bonds. The van der Waals surface area contributed by atoms with Crippen molar-refractivity contribution in [1.29, 1.82) is 0 Å². The Morgan fingerprint density at radius 1 is 1.19 bits per heavy atom. The molecule has 4 unspecified atom stereocenters. The first-order valence-corrected chi connectivity index (χ1v) is 5.64. The molecule has 3 fully saturated rings. The summed E-state index contributed by atoms with van der Waals surface area (Å²) in [5.41, 5.74) is 0. The molecule has 0 N–H and O–H groups in total. The fourth-order valence-electron chi connectivity index (χ4n) is 3.76. The lowest BCUT2D eigenvalue weighted by Gasteiger charge is -2.19. The molecular weight excluding hydrogens is 210 g/mol. The van der Waals surface area contributed by atoms with E-state index >= 15 is 0 Å². The minimum atomic E-state index is -1.37. The molecule has 0 aromatic heterocycles. The number of carboxylic acids is 1. The van der Waals surface area contributed by atoms with Crippen molar-refractivity contribution >= 4 is 17.8 Å². The van der Waals surface area contributed by atoms with Crippen LogP contribution in [-0.2, 0) is 14.4 Å². The van der Waals surface area contributed by atoms with Gasteiger partial charge in [0.2, 0.25) is 11.8 Å². The van der Waals surface area contributed by atoms with Gasteiger partial charge in [0.05, 0.1) is 24.3 Å². The summed E-state index contributed by atoms with van der Waals surface area (Å²) < 4.78 is 0. The molecule has 1 aliphatic heterocycles. The molecular formula is C11H12NO4-. The molecule has 0 aromatic carbocycles. The molecule has 3 rings (SSSR count). The topological polar surface area (TPSA) is 77.5 Å². The van der Waals surface area contributed by atoms with E-state index in [-0.39, 0.29) is 23.7 Å². The monoisotopic (exact) mass is 222 g/mol. The van der Waals surface area contributed by atoms with Gasteiger partial charge in [-0.3, -0.25) is 14.5 Å². The van der Waals surface area contributed by atoms with E-state index in [0.717, 1.165) is 24.2 Å². The summed E-state index contributed by atoms with van der Waals surface area (Å²) in [6, 6.07) is 0. The minimum Gasteiger partial charge on any atom is -0.548 e. The van der Waals surface area contributed by atoms with Gasteiger partial charge in [-0.05, 0) is 31.1 Å². The normalized spacial score (nSPS) is 40.6. The molecule has 16 heavy (non-hydrogen) atoms. The first kappa shape index (κ1) is 9.81. The molecule has 2 bridgehead atoms. The van der Waals surface area contributed by atoms with E-state index in [1.807, 2.05) is 0 Å². The molecule has 3 aliphatic rings. The fraction of sp³-hybridized carbons (Fsp3) is 0.727. The quantitative estimate of drug-likeness (QED) is 0.548. The number of hydrogen-bond acceptors (Lipinski definition) is 4. The number of carbonyl (C=O) groups is 3. The Bertz CT molecular complexity index is 363. The zero-order valence-corrected chi connectivity index (χ0v) is 8.72. The maximum Gasteiger partial charge on any atom is 0.233 e. The molecule has 1 heterocycles. The number of likely N-dealkylation sites (tertiary alicyclic amines) is 1. The van der Waals surface area contributed by atoms with Crippen molar-refractivity contribution in [2.75, 3.05) is 6.54 Å². The standard InChI is InChI=1S/C11H13NO4/c13-7(14)4-12-10(15)8-5-1-2-6(3-5)9(8)11(12)16/h5-6,8-9H,1-4H2,(H,13,14)/p-1. The summed E-state index contributed by atoms with van der Waals surface area (Å²) in [6.07, 6.45) is 2.97. The van der Waals surface area contributed by atoms with Gasteiger partial charge in [0.25, 0.3) is 0 Å². The number of hydrogen-bond donors (Lipinski definition) is 0. The highest BCUT2D eigenvalue weighted by molar-refractivity contribution is 6.07. The number of amides is 2. The Balaban J connectivity index is 1.89. The Morgan fingerprint density at radius 2 is 1.69 bits per heavy atom. The van der Waals surface area contributed by atoms with E-state index in [1.165, 1.54) is 0 Å². The van der Waals surface area contributed by atoms with E-state index in [9.17, 15) is 19.5 Å². The van der Waals surface area contributed by atoms with E-state index in [2.05, 4.69) is 0 Å². The van der Waals surface area contributed by atoms with E-state index in [0.29, 0.717) is 11.8 Å². The average Bonchev–Trinajstić information content (AvgIpc) is 2.87. The number of imide groups is 1. The molecule has 2 saturated carbocycles. The summed E-state index contributed by atoms with van der Waals surface area (Å²) in [5.74, 6) is -1.79. The molecule has 5 nitrogen and oxygen atoms in total. The number of carbonyl (C=O) groups excluding carboxylic acids is 3. The summed E-state index contributed by atoms with van der Waals surface area (Å²) in [4.78, 5) is 35.2. The molecule has 5 heteroatoms. The summed E-state index contributed by atoms with van der Waals surface area (Å²) in [6.45, 7) is -0.579. The highest BCUT2D eigenvalue weighted by Gasteiger charge is 2.60. The second-order valence-corrected chi connectivity index (χ2v) is 5.02. The van der Waals surface area contributed by atoms with Gasteiger partial charge in [0.15, 0.2) is 0 Å². The number of carboxylic acid groups (broad SMARTS) is 1. The fourth-order valence-corrected chi connectivity index (χ4v) is 3.76. The molecule has 0 spiro atoms. The second-order valence-electron chi connectivity index (χ2n) is 5.02. The van der Waals surface area contributed by atoms with Gasteiger partial charge in [-0.1, -0.05) is 0 Å². The van der Waals surface area contributed by atoms with Gasteiger partial charge in [-0.15, -0.1) is 0 Å². The van der Waals surface area contributed by atoms with Gasteiger partial charge >= 0.3 is 0 Å². The van der Waals surface area contributed by atoms with Crippen LogP contribution in [0.2, 0.25) is 0 Å². The second kappa shape index (κ2) is 3.06. The van der Waals surface area contributed by atoms with Crippen molar-refractivity contribution in [3.05, 3.63) is 0 Å². The number of rotatable bonds is 2. The van der Waals surface area contributed by atoms with Crippen molar-refractivity contribution in [2.45, 2.75) is 19.3 Å². The van der Waals surface area contributed by atoms with Crippen molar-refractivity contribution < 1.29 is 19.5 Å². The lowest BCUT2D eigenvalue weighted by Crippen LogP contribution is -2.42. The summed E-state index contributed by atoms with van der Waals surface area (Å²) in [5, 5.41) is 10.5. The van der Waals surface area contributed by atoms with Crippen molar-refractivity contribution in [3.8, 4) is 0 Å². The van der Waals surface area contributed by atoms with Crippen molar-refractivity contribution in [2.24, 2.45) is 23.7 Å². The number of fused-ring (bicyclic) bond motifs is 5. The molecule has 4 atom stereocenters. The predicted octanol–water partition coefficient (Wildman–Crippen LogP) is -1.23. The smallest absolute Gasteiger partial charge is 0.233 e. The minimum absolute atomic E-state index is 0.231. The van der Waals surface area contributed by atoms with E-state index in [1.54, 1.807) is 0 Å². The largest absolute Gasteiger partial charge is 0.548 e. The van der Waals surface area contributed by atoms with Crippen LogP contribution in [-0.4, -0.2) is 29.2 Å². The third-order valence-electron chi connectivity index (χ3n) is 4.31. The van der Waals surface area contributed by atoms with Gasteiger partial charge in [0.1, 0.15) is 0 Å². The maximum absolute atomic E-state index is 11.9. The van der Waals surface area contributed by atoms with Crippen LogP contribution < -0.4 is 5.11 Å². The zero-order valence-electron chi connectivity index (χ0n) is 8.72. The van der Waals surface area contributed by atoms with Crippen LogP contribution in [0.5, 0.6) is 0 Å². The first-order chi connectivity index (χ1) is 7.59. The molecule has 0 radical (unpaired) electrons. The van der Waals surface area contributed by atoms with Gasteiger partial charge in [-0.25, -0.2) is 0 Å². The van der Waals surface area contributed by atoms with Crippen LogP contribution in [0.15, 0.2) is 0 Å².